The van der Waals surface area contributed by atoms with Crippen LogP contribution in [0.15, 0.2) is 42.9 Å². The van der Waals surface area contributed by atoms with Gasteiger partial charge in [0.2, 0.25) is 47.3 Å². The van der Waals surface area contributed by atoms with E-state index in [0.29, 0.717) is 43.5 Å². The molecular weight excluding hydrogens is 949 g/mol. The zero-order valence-electron chi connectivity index (χ0n) is 39.9. The minimum absolute atomic E-state index is 0.0881. The van der Waals surface area contributed by atoms with E-state index >= 15 is 0 Å². The van der Waals surface area contributed by atoms with Crippen LogP contribution >= 0.6 is 12.6 Å². The molecule has 0 unspecified atom stereocenters. The van der Waals surface area contributed by atoms with Crippen LogP contribution in [0.3, 0.4) is 0 Å². The van der Waals surface area contributed by atoms with E-state index in [4.69, 9.17) is 11.5 Å². The topological polar surface area (TPSA) is 400 Å². The highest BCUT2D eigenvalue weighted by Crippen LogP contribution is 2.21. The van der Waals surface area contributed by atoms with Gasteiger partial charge in [0.15, 0.2) is 0 Å². The number of aliphatic hydroxyl groups is 1. The third-order valence-electron chi connectivity index (χ3n) is 11.8. The van der Waals surface area contributed by atoms with Crippen LogP contribution in [-0.4, -0.2) is 169 Å². The quantitative estimate of drug-likeness (QED) is 0.0268. The van der Waals surface area contributed by atoms with Crippen LogP contribution in [0, 0.1) is 5.92 Å². The number of rotatable bonds is 30. The van der Waals surface area contributed by atoms with Crippen molar-refractivity contribution in [2.45, 2.75) is 133 Å². The molecule has 25 nitrogen and oxygen atoms in total. The van der Waals surface area contributed by atoms with Crippen LogP contribution in [-0.2, 0) is 60.8 Å². The molecule has 0 bridgehead atoms. The van der Waals surface area contributed by atoms with Gasteiger partial charge in [-0.05, 0) is 50.6 Å². The molecular formula is C45H68N12O13S. The van der Waals surface area contributed by atoms with E-state index in [-0.39, 0.29) is 38.0 Å². The maximum Gasteiger partial charge on any atom is 0.327 e. The Labute approximate surface area is 415 Å². The summed E-state index contributed by atoms with van der Waals surface area (Å²) in [6.45, 7) is 4.43. The second kappa shape index (κ2) is 29.5. The Bertz CT molecular complexity index is 2130. The molecule has 1 aromatic carbocycles. The number of nitrogens with one attached hydrogen (secondary N) is 8. The third-order valence-corrected chi connectivity index (χ3v) is 12.1. The molecule has 0 saturated carbocycles. The van der Waals surface area contributed by atoms with Crippen LogP contribution in [0.5, 0.6) is 0 Å². The first-order chi connectivity index (χ1) is 33.7. The maximum absolute atomic E-state index is 14.6. The number of carboxylic acid groups (broad SMARTS) is 2. The molecule has 0 spiro atoms. The molecule has 1 aromatic heterocycles. The van der Waals surface area contributed by atoms with Gasteiger partial charge in [0.1, 0.15) is 42.3 Å². The summed E-state index contributed by atoms with van der Waals surface area (Å²) in [7, 11) is 0. The average molecular weight is 1020 g/mol. The van der Waals surface area contributed by atoms with Crippen LogP contribution in [0.25, 0.3) is 0 Å². The summed E-state index contributed by atoms with van der Waals surface area (Å²) >= 11 is 4.00. The number of aliphatic hydroxyl groups excluding tert-OH is 1. The summed E-state index contributed by atoms with van der Waals surface area (Å²) in [5, 5.41) is 46.8. The fourth-order valence-corrected chi connectivity index (χ4v) is 7.78. The monoisotopic (exact) mass is 1020 g/mol. The third kappa shape index (κ3) is 18.9. The Hall–Kier alpha value is -6.64. The zero-order valence-corrected chi connectivity index (χ0v) is 40.8. The number of nitrogens with zero attached hydrogens (tertiary/aromatic N) is 2. The van der Waals surface area contributed by atoms with E-state index in [9.17, 15) is 63.3 Å². The molecule has 10 atom stereocenters. The molecule has 1 saturated heterocycles. The Morgan fingerprint density at radius 1 is 0.817 bits per heavy atom. The van der Waals surface area contributed by atoms with E-state index in [1.807, 2.05) is 0 Å². The van der Waals surface area contributed by atoms with Crippen molar-refractivity contribution >= 4 is 71.8 Å². The molecule has 26 heteroatoms. The highest BCUT2D eigenvalue weighted by atomic mass is 32.1. The number of unbranched alkanes of at least 4 members (excludes halogenated alkanes) is 1. The zero-order chi connectivity index (χ0) is 52.8. The Morgan fingerprint density at radius 3 is 2.06 bits per heavy atom. The predicted octanol–water partition coefficient (Wildman–Crippen LogP) is -3.42. The smallest absolute Gasteiger partial charge is 0.327 e. The van der Waals surface area contributed by atoms with Crippen molar-refractivity contribution in [3.8, 4) is 0 Å². The van der Waals surface area contributed by atoms with E-state index in [0.717, 1.165) is 6.92 Å². The number of thiol groups is 1. The number of carbonyl (C=O) groups is 10. The lowest BCUT2D eigenvalue weighted by Gasteiger charge is -2.32. The number of carboxylic acids is 2. The van der Waals surface area contributed by atoms with Crippen molar-refractivity contribution in [2.24, 2.45) is 17.4 Å². The van der Waals surface area contributed by atoms with Crippen LogP contribution < -0.4 is 48.7 Å². The van der Waals surface area contributed by atoms with Crippen molar-refractivity contribution < 1.29 is 63.3 Å². The first-order valence-corrected chi connectivity index (χ1v) is 23.9. The highest BCUT2D eigenvalue weighted by molar-refractivity contribution is 7.80. The molecule has 3 rings (SSSR count). The molecule has 1 fully saturated rings. The number of amides is 8. The van der Waals surface area contributed by atoms with Crippen molar-refractivity contribution in [2.75, 3.05) is 25.4 Å². The van der Waals surface area contributed by atoms with Gasteiger partial charge in [0, 0.05) is 37.0 Å². The number of carbonyl (C=O) groups excluding carboxylic acids is 8. The number of hydrogen-bond acceptors (Lipinski definition) is 15. The Balaban J connectivity index is 1.86. The number of nitrogens with two attached hydrogens (primary N) is 2. The molecule has 15 N–H and O–H groups in total. The number of benzene rings is 1. The number of aromatic nitrogens is 2. The average Bonchev–Trinajstić information content (AvgIpc) is 4.05. The minimum atomic E-state index is -1.85. The molecule has 2 aromatic rings. The van der Waals surface area contributed by atoms with Gasteiger partial charge in [-0.2, -0.15) is 12.6 Å². The molecule has 392 valence electrons. The number of H-pyrrole nitrogens is 1. The summed E-state index contributed by atoms with van der Waals surface area (Å²) in [4.78, 5) is 140. The van der Waals surface area contributed by atoms with Crippen LogP contribution in [0.2, 0.25) is 0 Å². The Morgan fingerprint density at radius 2 is 1.46 bits per heavy atom. The van der Waals surface area contributed by atoms with E-state index in [1.54, 1.807) is 44.2 Å². The molecule has 0 radical (unpaired) electrons. The van der Waals surface area contributed by atoms with E-state index in [2.05, 4.69) is 59.8 Å². The van der Waals surface area contributed by atoms with Gasteiger partial charge in [0.25, 0.3) is 0 Å². The molecule has 1 aliphatic heterocycles. The fourth-order valence-electron chi connectivity index (χ4n) is 7.54. The summed E-state index contributed by atoms with van der Waals surface area (Å²) in [6.07, 6.45) is 2.13. The SMILES string of the molecule is CC[C@H](C)[C@H](NC(=O)[C@@H]1CCCN1C(=O)[C@H](Cc1ccccc1)NC(=O)[C@H](Cc1cnc[nH]1)NC(=O)[C@@H](NC(=O)[C@H](CC(=O)O)NC(=O)CNC(=O)[C@@H](N)CCCCN)[C@@H](C)O)C(=O)N[C@@H](CS)C(=O)O. The largest absolute Gasteiger partial charge is 0.481 e. The second-order valence-electron chi connectivity index (χ2n) is 17.3. The first kappa shape index (κ1) is 58.7. The molecule has 71 heavy (non-hydrogen) atoms. The lowest BCUT2D eigenvalue weighted by Crippen LogP contribution is -2.62. The molecule has 1 aliphatic rings. The number of hydrogen-bond donors (Lipinski definition) is 14. The summed E-state index contributed by atoms with van der Waals surface area (Å²) in [5.74, 6) is -10.5. The van der Waals surface area contributed by atoms with Gasteiger partial charge in [-0.3, -0.25) is 43.2 Å². The van der Waals surface area contributed by atoms with Gasteiger partial charge < -0.3 is 73.9 Å². The summed E-state index contributed by atoms with van der Waals surface area (Å²) in [5.41, 5.74) is 12.3. The number of imidazole rings is 1. The minimum Gasteiger partial charge on any atom is -0.481 e. The van der Waals surface area contributed by atoms with E-state index in [1.165, 1.54) is 17.4 Å². The predicted molar refractivity (Wildman–Crippen MR) is 258 cm³/mol. The lowest BCUT2D eigenvalue weighted by atomic mass is 9.97. The summed E-state index contributed by atoms with van der Waals surface area (Å²) < 4.78 is 0. The molecule has 2 heterocycles. The number of likely N-dealkylation sites (tertiary alicyclic amines) is 1. The second-order valence-corrected chi connectivity index (χ2v) is 17.7. The van der Waals surface area contributed by atoms with Crippen LogP contribution in [0.4, 0.5) is 0 Å². The van der Waals surface area contributed by atoms with E-state index < -0.39 is 133 Å². The summed E-state index contributed by atoms with van der Waals surface area (Å²) in [6, 6.07) is -2.51. The number of aliphatic carboxylic acids is 2. The van der Waals surface area contributed by atoms with Gasteiger partial charge in [-0.25, -0.2) is 9.78 Å². The molecule has 8 amide bonds. The first-order valence-electron chi connectivity index (χ1n) is 23.3. The number of aromatic amines is 1. The van der Waals surface area contributed by atoms with Crippen molar-refractivity contribution in [1.82, 2.24) is 52.1 Å². The van der Waals surface area contributed by atoms with Gasteiger partial charge in [-0.15, -0.1) is 0 Å². The lowest BCUT2D eigenvalue weighted by molar-refractivity contribution is -0.144. The standard InChI is InChI=1S/C45H68N12O13S/c1-4-24(2)36(42(66)54-32(22-71)45(69)70)55-41(65)33-14-10-16-57(33)44(68)31(17-26-11-6-5-7-12-26)53-39(63)29(18-27-20-48-23-50-27)52-43(67)37(25(3)58)56-40(64)30(19-35(60)61)51-34(59)21-49-38(62)28(47)13-8-9-15-46/h5-7,11-12,20,23-25,28-33,36-37,58,71H,4,8-10,13-19,21-22,46-47H2,1-3H3,(H,48,50)(H,49,62)(H,51,59)(H,52,67)(H,53,63)(H,54,66)(H,55,65)(H,56,64)(H,60,61)(H,69,70)/t24-,25+,28-,29-,30-,31-,32-,33-,36-,37-/m0/s1. The van der Waals surface area contributed by atoms with Crippen molar-refractivity contribution in [3.63, 3.8) is 0 Å². The fraction of sp³-hybridized carbons (Fsp3) is 0.578. The maximum atomic E-state index is 14.6. The van der Waals surface area contributed by atoms with Crippen molar-refractivity contribution in [1.29, 1.82) is 0 Å². The van der Waals surface area contributed by atoms with Gasteiger partial charge >= 0.3 is 11.9 Å². The molecule has 0 aliphatic carbocycles. The van der Waals surface area contributed by atoms with Crippen molar-refractivity contribution in [3.05, 3.63) is 54.1 Å². The Kier molecular flexibility index (Phi) is 24.4. The highest BCUT2D eigenvalue weighted by Gasteiger charge is 2.41. The van der Waals surface area contributed by atoms with Gasteiger partial charge in [0.05, 0.1) is 31.4 Å². The van der Waals surface area contributed by atoms with Gasteiger partial charge in [-0.1, -0.05) is 57.0 Å². The van der Waals surface area contributed by atoms with Crippen LogP contribution in [0.1, 0.15) is 77.0 Å². The normalized spacial score (nSPS) is 17.1.